The number of benzene rings is 1. The van der Waals surface area contributed by atoms with E-state index in [1.54, 1.807) is 7.11 Å². The molecule has 0 aliphatic rings. The molecule has 0 saturated carbocycles. The van der Waals surface area contributed by atoms with Crippen molar-refractivity contribution in [2.45, 2.75) is 40.0 Å². The first-order chi connectivity index (χ1) is 9.97. The lowest BCUT2D eigenvalue weighted by molar-refractivity contribution is 0.412. The fraction of sp³-hybridized carbons (Fsp3) is 0.389. The molecule has 0 spiro atoms. The van der Waals surface area contributed by atoms with E-state index in [4.69, 9.17) is 4.74 Å². The molecule has 0 radical (unpaired) electrons. The molecule has 21 heavy (non-hydrogen) atoms. The van der Waals surface area contributed by atoms with Gasteiger partial charge in [0.1, 0.15) is 11.6 Å². The fourth-order valence-corrected chi connectivity index (χ4v) is 2.52. The summed E-state index contributed by atoms with van der Waals surface area (Å²) >= 11 is 0. The van der Waals surface area contributed by atoms with Gasteiger partial charge in [0, 0.05) is 28.6 Å². The maximum atomic E-state index is 14.1. The normalized spacial score (nSPS) is 11.0. The van der Waals surface area contributed by atoms with Crippen molar-refractivity contribution in [1.82, 2.24) is 4.98 Å². The molecule has 0 N–H and O–H groups in total. The van der Waals surface area contributed by atoms with Gasteiger partial charge in [-0.25, -0.2) is 4.39 Å². The van der Waals surface area contributed by atoms with Gasteiger partial charge in [-0.2, -0.15) is 0 Å². The van der Waals surface area contributed by atoms with Crippen LogP contribution >= 0.6 is 0 Å². The van der Waals surface area contributed by atoms with Gasteiger partial charge in [-0.1, -0.05) is 26.8 Å². The Morgan fingerprint density at radius 2 is 1.90 bits per heavy atom. The van der Waals surface area contributed by atoms with Crippen LogP contribution in [0.2, 0.25) is 0 Å². The molecule has 2 nitrogen and oxygen atoms in total. The number of aromatic nitrogens is 1. The molecule has 0 saturated heterocycles. The summed E-state index contributed by atoms with van der Waals surface area (Å²) in [6.07, 6.45) is 0.828. The molecule has 2 aromatic rings. The lowest BCUT2D eigenvalue weighted by Crippen LogP contribution is -2.00. The van der Waals surface area contributed by atoms with E-state index in [2.05, 4.69) is 11.9 Å². The maximum absolute atomic E-state index is 14.1. The van der Waals surface area contributed by atoms with Crippen LogP contribution in [0.1, 0.15) is 43.6 Å². The van der Waals surface area contributed by atoms with Crippen LogP contribution in [-0.2, 0) is 6.42 Å². The maximum Gasteiger partial charge on any atom is 0.130 e. The van der Waals surface area contributed by atoms with E-state index in [0.29, 0.717) is 11.3 Å². The van der Waals surface area contributed by atoms with Gasteiger partial charge in [0.15, 0.2) is 0 Å². The Labute approximate surface area is 126 Å². The SMILES string of the molecule is CCc1nc(C)ccc1-c1cc(C(C)C)c(F)cc1OC. The molecule has 0 atom stereocenters. The van der Waals surface area contributed by atoms with Crippen LogP contribution in [0.5, 0.6) is 5.75 Å². The van der Waals surface area contributed by atoms with E-state index < -0.39 is 0 Å². The number of hydrogen-bond donors (Lipinski definition) is 0. The topological polar surface area (TPSA) is 22.1 Å². The van der Waals surface area contributed by atoms with Crippen LogP contribution < -0.4 is 4.74 Å². The van der Waals surface area contributed by atoms with E-state index in [0.717, 1.165) is 28.9 Å². The average Bonchev–Trinajstić information content (AvgIpc) is 2.46. The molecule has 1 aromatic heterocycles. The Morgan fingerprint density at radius 3 is 2.48 bits per heavy atom. The van der Waals surface area contributed by atoms with E-state index in [9.17, 15) is 4.39 Å². The summed E-state index contributed by atoms with van der Waals surface area (Å²) in [4.78, 5) is 4.59. The van der Waals surface area contributed by atoms with Crippen LogP contribution in [0.15, 0.2) is 24.3 Å². The van der Waals surface area contributed by atoms with Gasteiger partial charge < -0.3 is 4.74 Å². The number of methoxy groups -OCH3 is 1. The predicted octanol–water partition coefficient (Wildman–Crippen LogP) is 4.89. The third-order valence-corrected chi connectivity index (χ3v) is 3.68. The van der Waals surface area contributed by atoms with Crippen molar-refractivity contribution in [3.8, 4) is 16.9 Å². The zero-order valence-corrected chi connectivity index (χ0v) is 13.3. The molecule has 3 heteroatoms. The fourth-order valence-electron chi connectivity index (χ4n) is 2.52. The monoisotopic (exact) mass is 287 g/mol. The summed E-state index contributed by atoms with van der Waals surface area (Å²) in [5, 5.41) is 0. The highest BCUT2D eigenvalue weighted by Gasteiger charge is 2.16. The quantitative estimate of drug-likeness (QED) is 0.798. The number of pyridine rings is 1. The van der Waals surface area contributed by atoms with Crippen molar-refractivity contribution in [3.63, 3.8) is 0 Å². The summed E-state index contributed by atoms with van der Waals surface area (Å²) in [7, 11) is 1.57. The first-order valence-electron chi connectivity index (χ1n) is 7.32. The van der Waals surface area contributed by atoms with Gasteiger partial charge in [0.2, 0.25) is 0 Å². The Morgan fingerprint density at radius 1 is 1.19 bits per heavy atom. The number of rotatable bonds is 4. The predicted molar refractivity (Wildman–Crippen MR) is 84.4 cm³/mol. The summed E-state index contributed by atoms with van der Waals surface area (Å²) in [5.41, 5.74) is 4.62. The zero-order chi connectivity index (χ0) is 15.6. The molecule has 0 unspecified atom stereocenters. The van der Waals surface area contributed by atoms with Gasteiger partial charge in [-0.3, -0.25) is 4.98 Å². The van der Waals surface area contributed by atoms with Crippen molar-refractivity contribution in [3.05, 3.63) is 47.0 Å². The molecular weight excluding hydrogens is 265 g/mol. The minimum absolute atomic E-state index is 0.123. The van der Waals surface area contributed by atoms with Crippen molar-refractivity contribution < 1.29 is 9.13 Å². The van der Waals surface area contributed by atoms with Gasteiger partial charge >= 0.3 is 0 Å². The average molecular weight is 287 g/mol. The molecule has 0 amide bonds. The second kappa shape index (κ2) is 6.25. The highest BCUT2D eigenvalue weighted by atomic mass is 19.1. The molecular formula is C18H22FNO. The van der Waals surface area contributed by atoms with Crippen molar-refractivity contribution in [1.29, 1.82) is 0 Å². The second-order valence-electron chi connectivity index (χ2n) is 5.53. The first-order valence-corrected chi connectivity index (χ1v) is 7.32. The number of aryl methyl sites for hydroxylation is 2. The smallest absolute Gasteiger partial charge is 0.130 e. The van der Waals surface area contributed by atoms with Gasteiger partial charge in [0.05, 0.1) is 7.11 Å². The highest BCUT2D eigenvalue weighted by Crippen LogP contribution is 2.36. The third kappa shape index (κ3) is 3.07. The third-order valence-electron chi connectivity index (χ3n) is 3.68. The van der Waals surface area contributed by atoms with Crippen molar-refractivity contribution in [2.75, 3.05) is 7.11 Å². The van der Waals surface area contributed by atoms with Gasteiger partial charge in [0.25, 0.3) is 0 Å². The second-order valence-corrected chi connectivity index (χ2v) is 5.53. The molecule has 0 fully saturated rings. The minimum atomic E-state index is -0.219. The number of nitrogens with zero attached hydrogens (tertiary/aromatic N) is 1. The standard InChI is InChI=1S/C18H22FNO/c1-6-17-13(8-7-12(4)20-17)15-9-14(11(2)3)16(19)10-18(15)21-5/h7-11H,6H2,1-5H3. The van der Waals surface area contributed by atoms with Crippen LogP contribution in [0.4, 0.5) is 4.39 Å². The van der Waals surface area contributed by atoms with E-state index in [1.165, 1.54) is 6.07 Å². The van der Waals surface area contributed by atoms with Crippen LogP contribution in [0.3, 0.4) is 0 Å². The van der Waals surface area contributed by atoms with Gasteiger partial charge in [-0.05, 0) is 37.0 Å². The van der Waals surface area contributed by atoms with E-state index >= 15 is 0 Å². The van der Waals surface area contributed by atoms with Crippen molar-refractivity contribution in [2.24, 2.45) is 0 Å². The zero-order valence-electron chi connectivity index (χ0n) is 13.3. The number of hydrogen-bond acceptors (Lipinski definition) is 2. The van der Waals surface area contributed by atoms with Gasteiger partial charge in [-0.15, -0.1) is 0 Å². The number of halogens is 1. The molecule has 1 aromatic carbocycles. The van der Waals surface area contributed by atoms with Crippen molar-refractivity contribution >= 4 is 0 Å². The lowest BCUT2D eigenvalue weighted by Gasteiger charge is -2.16. The van der Waals surface area contributed by atoms with Crippen LogP contribution in [0.25, 0.3) is 11.1 Å². The number of ether oxygens (including phenoxy) is 1. The minimum Gasteiger partial charge on any atom is -0.496 e. The summed E-state index contributed by atoms with van der Waals surface area (Å²) < 4.78 is 19.5. The Bertz CT molecular complexity index is 650. The Kier molecular flexibility index (Phi) is 4.61. The molecule has 1 heterocycles. The van der Waals surface area contributed by atoms with Crippen LogP contribution in [-0.4, -0.2) is 12.1 Å². The molecule has 0 aliphatic carbocycles. The van der Waals surface area contributed by atoms with E-state index in [-0.39, 0.29) is 11.7 Å². The molecule has 2 rings (SSSR count). The lowest BCUT2D eigenvalue weighted by atomic mass is 9.94. The summed E-state index contributed by atoms with van der Waals surface area (Å²) in [6.45, 7) is 8.03. The molecule has 0 aliphatic heterocycles. The van der Waals surface area contributed by atoms with E-state index in [1.807, 2.05) is 39.0 Å². The largest absolute Gasteiger partial charge is 0.496 e. The Hall–Kier alpha value is -1.90. The summed E-state index contributed by atoms with van der Waals surface area (Å²) in [5.74, 6) is 0.458. The Balaban J connectivity index is 2.70. The first kappa shape index (κ1) is 15.5. The molecule has 112 valence electrons. The summed E-state index contributed by atoms with van der Waals surface area (Å²) in [6, 6.07) is 7.39. The molecule has 0 bridgehead atoms. The van der Waals surface area contributed by atoms with Crippen LogP contribution in [0, 0.1) is 12.7 Å². The highest BCUT2D eigenvalue weighted by molar-refractivity contribution is 5.73.